The monoisotopic (exact) mass is 429 g/mol. The molecule has 0 bridgehead atoms. The first-order chi connectivity index (χ1) is 14.5. The first-order valence-electron chi connectivity index (χ1n) is 10.3. The van der Waals surface area contributed by atoms with Crippen LogP contribution in [0.25, 0.3) is 0 Å². The summed E-state index contributed by atoms with van der Waals surface area (Å²) in [5.41, 5.74) is 2.77. The standard InChI is InChI=1S/C22H27N3O4S/c1-3-29-19(26)11-9-16-13-30-22(23-16)25-21(28)24-18-10-8-14(2)12-17(18)20(27)15-6-4-5-7-15/h8,10,12-13,15H,3-7,9,11H2,1-2H3,(H2,23,24,25,28). The van der Waals surface area contributed by atoms with E-state index in [9.17, 15) is 14.4 Å². The Bertz CT molecular complexity index is 919. The molecule has 0 spiro atoms. The van der Waals surface area contributed by atoms with E-state index >= 15 is 0 Å². The van der Waals surface area contributed by atoms with Crippen LogP contribution in [0, 0.1) is 12.8 Å². The van der Waals surface area contributed by atoms with Crippen molar-refractivity contribution in [1.29, 1.82) is 0 Å². The summed E-state index contributed by atoms with van der Waals surface area (Å²) in [6.45, 7) is 4.05. The van der Waals surface area contributed by atoms with Crippen molar-refractivity contribution in [3.63, 3.8) is 0 Å². The molecule has 1 aromatic heterocycles. The Morgan fingerprint density at radius 3 is 2.70 bits per heavy atom. The lowest BCUT2D eigenvalue weighted by molar-refractivity contribution is -0.143. The highest BCUT2D eigenvalue weighted by atomic mass is 32.1. The Morgan fingerprint density at radius 2 is 1.97 bits per heavy atom. The van der Waals surface area contributed by atoms with Gasteiger partial charge in [0.25, 0.3) is 0 Å². The molecule has 2 amide bonds. The lowest BCUT2D eigenvalue weighted by atomic mass is 9.94. The molecule has 2 aromatic rings. The Labute approximate surface area is 180 Å². The van der Waals surface area contributed by atoms with Gasteiger partial charge in [-0.2, -0.15) is 0 Å². The second-order valence-electron chi connectivity index (χ2n) is 7.42. The van der Waals surface area contributed by atoms with Gasteiger partial charge in [-0.25, -0.2) is 9.78 Å². The largest absolute Gasteiger partial charge is 0.466 e. The van der Waals surface area contributed by atoms with Gasteiger partial charge in [0.15, 0.2) is 10.9 Å². The van der Waals surface area contributed by atoms with E-state index in [4.69, 9.17) is 4.74 Å². The quantitative estimate of drug-likeness (QED) is 0.456. The molecule has 1 aliphatic carbocycles. The first kappa shape index (κ1) is 22.0. The molecule has 1 saturated carbocycles. The third-order valence-corrected chi connectivity index (χ3v) is 5.88. The molecule has 0 radical (unpaired) electrons. The van der Waals surface area contributed by atoms with E-state index in [1.807, 2.05) is 19.1 Å². The van der Waals surface area contributed by atoms with Gasteiger partial charge in [0, 0.05) is 23.3 Å². The number of esters is 1. The molecule has 160 valence electrons. The number of carbonyl (C=O) groups excluding carboxylic acids is 3. The van der Waals surface area contributed by atoms with E-state index in [-0.39, 0.29) is 24.1 Å². The van der Waals surface area contributed by atoms with Crippen LogP contribution in [0.15, 0.2) is 23.6 Å². The number of rotatable bonds is 8. The molecule has 3 rings (SSSR count). The fourth-order valence-corrected chi connectivity index (χ4v) is 4.31. The molecule has 8 heteroatoms. The summed E-state index contributed by atoms with van der Waals surface area (Å²) < 4.78 is 4.91. The van der Waals surface area contributed by atoms with Crippen LogP contribution in [0.4, 0.5) is 15.6 Å². The van der Waals surface area contributed by atoms with E-state index in [1.54, 1.807) is 18.4 Å². The number of hydrogen-bond acceptors (Lipinski definition) is 6. The minimum Gasteiger partial charge on any atom is -0.466 e. The highest BCUT2D eigenvalue weighted by molar-refractivity contribution is 7.13. The van der Waals surface area contributed by atoms with Crippen LogP contribution in [0.2, 0.25) is 0 Å². The molecule has 0 saturated heterocycles. The van der Waals surface area contributed by atoms with Gasteiger partial charge in [-0.1, -0.05) is 24.5 Å². The van der Waals surface area contributed by atoms with Gasteiger partial charge >= 0.3 is 12.0 Å². The molecule has 1 aromatic carbocycles. The predicted molar refractivity (Wildman–Crippen MR) is 117 cm³/mol. The number of anilines is 2. The van der Waals surface area contributed by atoms with Gasteiger partial charge in [-0.05, 0) is 38.8 Å². The minimum atomic E-state index is -0.453. The maximum atomic E-state index is 12.9. The summed E-state index contributed by atoms with van der Waals surface area (Å²) in [5.74, 6) is -0.130. The van der Waals surface area contributed by atoms with E-state index < -0.39 is 6.03 Å². The zero-order valence-electron chi connectivity index (χ0n) is 17.3. The summed E-state index contributed by atoms with van der Waals surface area (Å²) in [7, 11) is 0. The molecule has 2 N–H and O–H groups in total. The number of benzene rings is 1. The molecule has 7 nitrogen and oxygen atoms in total. The van der Waals surface area contributed by atoms with Crippen molar-refractivity contribution in [2.75, 3.05) is 17.2 Å². The fourth-order valence-electron chi connectivity index (χ4n) is 3.57. The maximum absolute atomic E-state index is 12.9. The number of Topliss-reactive ketones (excluding diaryl/α,β-unsaturated/α-hetero) is 1. The number of ether oxygens (including phenoxy) is 1. The number of hydrogen-bond donors (Lipinski definition) is 2. The topological polar surface area (TPSA) is 97.4 Å². The molecule has 30 heavy (non-hydrogen) atoms. The molecule has 1 heterocycles. The number of aromatic nitrogens is 1. The Balaban J connectivity index is 1.61. The molecule has 1 fully saturated rings. The smallest absolute Gasteiger partial charge is 0.325 e. The lowest BCUT2D eigenvalue weighted by Crippen LogP contribution is -2.22. The van der Waals surface area contributed by atoms with E-state index in [0.717, 1.165) is 36.9 Å². The molecular weight excluding hydrogens is 402 g/mol. The molecular formula is C22H27N3O4S. The normalized spacial score (nSPS) is 13.8. The number of aryl methyl sites for hydroxylation is 2. The Kier molecular flexibility index (Phi) is 7.57. The van der Waals surface area contributed by atoms with Crippen LogP contribution < -0.4 is 10.6 Å². The highest BCUT2D eigenvalue weighted by Crippen LogP contribution is 2.31. The van der Waals surface area contributed by atoms with E-state index in [2.05, 4.69) is 15.6 Å². The fraction of sp³-hybridized carbons (Fsp3) is 0.455. The number of nitrogens with zero attached hydrogens (tertiary/aromatic N) is 1. The van der Waals surface area contributed by atoms with Gasteiger partial charge in [-0.15, -0.1) is 11.3 Å². The number of ketones is 1. The van der Waals surface area contributed by atoms with Crippen LogP contribution in [-0.2, 0) is 16.0 Å². The van der Waals surface area contributed by atoms with Crippen LogP contribution in [0.1, 0.15) is 60.6 Å². The highest BCUT2D eigenvalue weighted by Gasteiger charge is 2.26. The lowest BCUT2D eigenvalue weighted by Gasteiger charge is -2.14. The van der Waals surface area contributed by atoms with Crippen LogP contribution in [0.3, 0.4) is 0 Å². The zero-order chi connectivity index (χ0) is 21.5. The number of carbonyl (C=O) groups is 3. The van der Waals surface area contributed by atoms with Crippen molar-refractivity contribution < 1.29 is 19.1 Å². The number of amides is 2. The van der Waals surface area contributed by atoms with Gasteiger partial charge < -0.3 is 10.1 Å². The first-order valence-corrected chi connectivity index (χ1v) is 11.2. The van der Waals surface area contributed by atoms with Crippen molar-refractivity contribution in [1.82, 2.24) is 4.98 Å². The number of nitrogens with one attached hydrogen (secondary N) is 2. The van der Waals surface area contributed by atoms with Crippen molar-refractivity contribution in [2.45, 2.75) is 52.4 Å². The SMILES string of the molecule is CCOC(=O)CCc1csc(NC(=O)Nc2ccc(C)cc2C(=O)C2CCCC2)n1. The summed E-state index contributed by atoms with van der Waals surface area (Å²) >= 11 is 1.28. The number of thiazole rings is 1. The Morgan fingerprint density at radius 1 is 1.20 bits per heavy atom. The van der Waals surface area contributed by atoms with Gasteiger partial charge in [0.05, 0.1) is 24.4 Å². The third kappa shape index (κ3) is 5.89. The van der Waals surface area contributed by atoms with Crippen molar-refractivity contribution in [2.24, 2.45) is 5.92 Å². The predicted octanol–water partition coefficient (Wildman–Crippen LogP) is 4.96. The minimum absolute atomic E-state index is 0.0383. The zero-order valence-corrected chi connectivity index (χ0v) is 18.1. The average Bonchev–Trinajstić information content (AvgIpc) is 3.39. The van der Waals surface area contributed by atoms with Crippen molar-refractivity contribution in [3.05, 3.63) is 40.4 Å². The summed E-state index contributed by atoms with van der Waals surface area (Å²) in [5, 5.41) is 7.73. The van der Waals surface area contributed by atoms with E-state index in [1.165, 1.54) is 11.3 Å². The third-order valence-electron chi connectivity index (χ3n) is 5.08. The van der Waals surface area contributed by atoms with Crippen molar-refractivity contribution >= 4 is 39.9 Å². The van der Waals surface area contributed by atoms with E-state index in [0.29, 0.717) is 29.4 Å². The number of urea groups is 1. The van der Waals surface area contributed by atoms with Gasteiger partial charge in [-0.3, -0.25) is 14.9 Å². The molecule has 0 aliphatic heterocycles. The molecule has 0 atom stereocenters. The molecule has 0 unspecified atom stereocenters. The van der Waals surface area contributed by atoms with Gasteiger partial charge in [0.1, 0.15) is 0 Å². The molecule has 1 aliphatic rings. The second kappa shape index (κ2) is 10.3. The van der Waals surface area contributed by atoms with Crippen LogP contribution >= 0.6 is 11.3 Å². The van der Waals surface area contributed by atoms with Crippen LogP contribution in [0.5, 0.6) is 0 Å². The second-order valence-corrected chi connectivity index (χ2v) is 8.28. The summed E-state index contributed by atoms with van der Waals surface area (Å²) in [4.78, 5) is 41.2. The maximum Gasteiger partial charge on any atom is 0.325 e. The Hall–Kier alpha value is -2.74. The van der Waals surface area contributed by atoms with Crippen molar-refractivity contribution in [3.8, 4) is 0 Å². The summed E-state index contributed by atoms with van der Waals surface area (Å²) in [6, 6.07) is 5.03. The van der Waals surface area contributed by atoms with Gasteiger partial charge in [0.2, 0.25) is 0 Å². The average molecular weight is 430 g/mol. The van der Waals surface area contributed by atoms with Crippen LogP contribution in [-0.4, -0.2) is 29.4 Å². The summed E-state index contributed by atoms with van der Waals surface area (Å²) in [6.07, 6.45) is 4.68.